The van der Waals surface area contributed by atoms with Crippen molar-refractivity contribution in [2.75, 3.05) is 6.54 Å². The number of aromatic amines is 1. The number of halogens is 1. The predicted molar refractivity (Wildman–Crippen MR) is 115 cm³/mol. The van der Waals surface area contributed by atoms with Crippen LogP contribution < -0.4 is 5.32 Å². The van der Waals surface area contributed by atoms with Gasteiger partial charge in [-0.15, -0.1) is 0 Å². The zero-order chi connectivity index (χ0) is 22.1. The van der Waals surface area contributed by atoms with E-state index in [-0.39, 0.29) is 12.5 Å². The maximum atomic E-state index is 13.2. The van der Waals surface area contributed by atoms with E-state index in [1.807, 2.05) is 24.3 Å². The third kappa shape index (κ3) is 5.20. The van der Waals surface area contributed by atoms with Crippen molar-refractivity contribution in [1.29, 1.82) is 0 Å². The Morgan fingerprint density at radius 1 is 1.33 bits per heavy atom. The topological polar surface area (TPSA) is 119 Å². The number of nitrogens with zero attached hydrogens (tertiary/aromatic N) is 2. The molecule has 1 aromatic heterocycles. The van der Waals surface area contributed by atoms with Gasteiger partial charge in [0.25, 0.3) is 0 Å². The van der Waals surface area contributed by atoms with Crippen LogP contribution in [0, 0.1) is 5.41 Å². The number of aliphatic hydroxyl groups is 1. The minimum atomic E-state index is -1.26. The quantitative estimate of drug-likeness (QED) is 0.526. The number of hydrogen-bond donors (Lipinski definition) is 4. The molecular formula is C21H27BrN4O4. The van der Waals surface area contributed by atoms with E-state index in [9.17, 15) is 19.8 Å². The van der Waals surface area contributed by atoms with Crippen LogP contribution >= 0.6 is 15.9 Å². The normalized spacial score (nSPS) is 20.2. The number of amides is 2. The smallest absolute Gasteiger partial charge is 0.405 e. The molecule has 4 N–H and O–H groups in total. The summed E-state index contributed by atoms with van der Waals surface area (Å²) in [6, 6.07) is 6.62. The van der Waals surface area contributed by atoms with Crippen LogP contribution in [0.2, 0.25) is 0 Å². The first-order chi connectivity index (χ1) is 14.0. The van der Waals surface area contributed by atoms with E-state index < -0.39 is 29.7 Å². The van der Waals surface area contributed by atoms with Gasteiger partial charge in [-0.05, 0) is 23.1 Å². The van der Waals surface area contributed by atoms with Gasteiger partial charge in [0, 0.05) is 35.7 Å². The number of likely N-dealkylation sites (tertiary alicyclic amines) is 1. The number of benzene rings is 1. The van der Waals surface area contributed by atoms with Crippen LogP contribution in [-0.4, -0.2) is 55.8 Å². The Morgan fingerprint density at radius 3 is 2.60 bits per heavy atom. The number of imidazole rings is 1. The number of nitrogens with one attached hydrogen (secondary N) is 2. The molecule has 0 bridgehead atoms. The molecule has 1 aliphatic heterocycles. The van der Waals surface area contributed by atoms with Gasteiger partial charge in [-0.2, -0.15) is 0 Å². The molecule has 2 aromatic rings. The molecule has 1 aromatic carbocycles. The van der Waals surface area contributed by atoms with Gasteiger partial charge >= 0.3 is 6.09 Å². The van der Waals surface area contributed by atoms with E-state index in [0.29, 0.717) is 18.7 Å². The Labute approximate surface area is 183 Å². The number of aliphatic hydroxyl groups excluding tert-OH is 1. The molecule has 162 valence electrons. The fourth-order valence-electron chi connectivity index (χ4n) is 3.71. The van der Waals surface area contributed by atoms with Gasteiger partial charge in [-0.1, -0.05) is 48.8 Å². The number of carbonyl (C=O) groups excluding carboxylic acids is 1. The molecule has 8 nitrogen and oxygen atoms in total. The molecule has 1 aliphatic rings. The molecule has 0 aliphatic carbocycles. The van der Waals surface area contributed by atoms with Crippen LogP contribution in [0.1, 0.15) is 50.3 Å². The van der Waals surface area contributed by atoms with Crippen molar-refractivity contribution in [3.8, 4) is 0 Å². The Bertz CT molecular complexity index is 906. The van der Waals surface area contributed by atoms with Crippen molar-refractivity contribution in [3.05, 3.63) is 52.0 Å². The molecule has 1 fully saturated rings. The van der Waals surface area contributed by atoms with Crippen molar-refractivity contribution < 1.29 is 19.8 Å². The largest absolute Gasteiger partial charge is 0.465 e. The average molecular weight is 479 g/mol. The summed E-state index contributed by atoms with van der Waals surface area (Å²) >= 11 is 3.42. The summed E-state index contributed by atoms with van der Waals surface area (Å²) in [7, 11) is 0. The van der Waals surface area contributed by atoms with Crippen molar-refractivity contribution >= 4 is 27.9 Å². The molecule has 9 heteroatoms. The molecule has 0 saturated carbocycles. The summed E-state index contributed by atoms with van der Waals surface area (Å²) < 4.78 is 1.01. The number of carboxylic acid groups (broad SMARTS) is 1. The zero-order valence-corrected chi connectivity index (χ0v) is 18.8. The molecule has 30 heavy (non-hydrogen) atoms. The summed E-state index contributed by atoms with van der Waals surface area (Å²) in [4.78, 5) is 33.7. The summed E-state index contributed by atoms with van der Waals surface area (Å²) in [5, 5.41) is 21.8. The van der Waals surface area contributed by atoms with Gasteiger partial charge in [0.15, 0.2) is 0 Å². The van der Waals surface area contributed by atoms with E-state index in [0.717, 1.165) is 15.7 Å². The molecule has 2 heterocycles. The first-order valence-electron chi connectivity index (χ1n) is 9.81. The zero-order valence-electron chi connectivity index (χ0n) is 17.2. The Kier molecular flexibility index (Phi) is 6.52. The molecule has 1 saturated heterocycles. The van der Waals surface area contributed by atoms with Gasteiger partial charge in [0.2, 0.25) is 5.91 Å². The summed E-state index contributed by atoms with van der Waals surface area (Å²) in [6.45, 7) is 5.54. The highest BCUT2D eigenvalue weighted by molar-refractivity contribution is 9.10. The van der Waals surface area contributed by atoms with Crippen molar-refractivity contribution in [3.63, 3.8) is 0 Å². The monoisotopic (exact) mass is 478 g/mol. The highest BCUT2D eigenvalue weighted by atomic mass is 79.9. The number of hydrogen-bond acceptors (Lipinski definition) is 4. The molecule has 0 spiro atoms. The lowest BCUT2D eigenvalue weighted by molar-refractivity contribution is -0.137. The highest BCUT2D eigenvalue weighted by Gasteiger charge is 2.43. The summed E-state index contributed by atoms with van der Waals surface area (Å²) in [6.07, 6.45) is 0.802. The van der Waals surface area contributed by atoms with Crippen molar-refractivity contribution in [2.45, 2.75) is 51.8 Å². The second-order valence-electron chi connectivity index (χ2n) is 8.74. The fourth-order valence-corrected chi connectivity index (χ4v) is 3.98. The maximum absolute atomic E-state index is 13.2. The highest BCUT2D eigenvalue weighted by Crippen LogP contribution is 2.33. The lowest BCUT2D eigenvalue weighted by atomic mass is 9.85. The average Bonchev–Trinajstić information content (AvgIpc) is 3.26. The molecule has 1 unspecified atom stereocenters. The standard InChI is InChI=1S/C21H27BrN4O4/c1-21(2,3)17(25-20(29)30)19(28)26-11-15(27)9-16(26)18-23-10-14(24-18)8-12-4-6-13(22)7-5-12/h4-7,10,15-17,25,27H,8-9,11H2,1-3H3,(H,23,24)(H,29,30)/t15-,16+,17?/m1/s1. The predicted octanol–water partition coefficient (Wildman–Crippen LogP) is 3.08. The number of H-pyrrole nitrogens is 1. The van der Waals surface area contributed by atoms with E-state index >= 15 is 0 Å². The van der Waals surface area contributed by atoms with E-state index in [1.54, 1.807) is 27.0 Å². The van der Waals surface area contributed by atoms with Crippen LogP contribution in [0.4, 0.5) is 4.79 Å². The number of aromatic nitrogens is 2. The van der Waals surface area contributed by atoms with Crippen LogP contribution in [0.25, 0.3) is 0 Å². The van der Waals surface area contributed by atoms with Crippen molar-refractivity contribution in [1.82, 2.24) is 20.2 Å². The van der Waals surface area contributed by atoms with Gasteiger partial charge in [-0.3, -0.25) is 4.79 Å². The Balaban J connectivity index is 1.80. The SMILES string of the molecule is CC(C)(C)C(NC(=O)O)C(=O)N1C[C@H](O)C[C@H]1c1ncc(Cc2ccc(Br)cc2)[nH]1. The molecule has 3 atom stereocenters. The third-order valence-corrected chi connectivity index (χ3v) is 5.74. The van der Waals surface area contributed by atoms with Gasteiger partial charge < -0.3 is 25.4 Å². The number of rotatable bonds is 5. The van der Waals surface area contributed by atoms with Crippen LogP contribution in [0.15, 0.2) is 34.9 Å². The first kappa shape index (κ1) is 22.3. The van der Waals surface area contributed by atoms with Gasteiger partial charge in [0.05, 0.1) is 12.1 Å². The molecular weight excluding hydrogens is 452 g/mol. The summed E-state index contributed by atoms with van der Waals surface area (Å²) in [5.74, 6) is 0.229. The number of carbonyl (C=O) groups is 2. The third-order valence-electron chi connectivity index (χ3n) is 5.21. The Morgan fingerprint density at radius 2 is 2.00 bits per heavy atom. The Hall–Kier alpha value is -2.39. The molecule has 2 amide bonds. The minimum absolute atomic E-state index is 0.139. The lowest BCUT2D eigenvalue weighted by Gasteiger charge is -2.34. The van der Waals surface area contributed by atoms with Crippen LogP contribution in [0.5, 0.6) is 0 Å². The minimum Gasteiger partial charge on any atom is -0.465 e. The van der Waals surface area contributed by atoms with Crippen LogP contribution in [0.3, 0.4) is 0 Å². The fraction of sp³-hybridized carbons (Fsp3) is 0.476. The van der Waals surface area contributed by atoms with Crippen LogP contribution in [-0.2, 0) is 11.2 Å². The van der Waals surface area contributed by atoms with Gasteiger partial charge in [-0.25, -0.2) is 9.78 Å². The first-order valence-corrected chi connectivity index (χ1v) is 10.6. The van der Waals surface area contributed by atoms with E-state index in [2.05, 4.69) is 31.2 Å². The molecule has 3 rings (SSSR count). The van der Waals surface area contributed by atoms with E-state index in [4.69, 9.17) is 0 Å². The summed E-state index contributed by atoms with van der Waals surface area (Å²) in [5.41, 5.74) is 1.40. The molecule has 0 radical (unpaired) electrons. The number of β-amino-alcohol motifs (C(OH)–C–C–N with tert-alkyl or cyclic N) is 1. The second kappa shape index (κ2) is 8.77. The second-order valence-corrected chi connectivity index (χ2v) is 9.66. The maximum Gasteiger partial charge on any atom is 0.405 e. The lowest BCUT2D eigenvalue weighted by Crippen LogP contribution is -2.54. The van der Waals surface area contributed by atoms with Crippen molar-refractivity contribution in [2.24, 2.45) is 5.41 Å². The van der Waals surface area contributed by atoms with Gasteiger partial charge in [0.1, 0.15) is 11.9 Å². The van der Waals surface area contributed by atoms with E-state index in [1.165, 1.54) is 4.90 Å².